The van der Waals surface area contributed by atoms with E-state index < -0.39 is 29.0 Å². The molecule has 134 valence electrons. The minimum Gasteiger partial charge on any atom is -0.483 e. The molecular formula is C20H20F4O. The van der Waals surface area contributed by atoms with Crippen molar-refractivity contribution in [2.24, 2.45) is 5.92 Å². The van der Waals surface area contributed by atoms with Gasteiger partial charge in [-0.15, -0.1) is 0 Å². The Morgan fingerprint density at radius 3 is 1.96 bits per heavy atom. The van der Waals surface area contributed by atoms with Crippen molar-refractivity contribution in [3.8, 4) is 5.75 Å². The van der Waals surface area contributed by atoms with Gasteiger partial charge in [-0.25, -0.2) is 17.6 Å². The molecule has 0 spiro atoms. The number of rotatable bonds is 4. The zero-order valence-electron chi connectivity index (χ0n) is 14.0. The molecule has 0 saturated heterocycles. The second-order valence-corrected chi connectivity index (χ2v) is 6.84. The molecule has 0 aromatic heterocycles. The van der Waals surface area contributed by atoms with Gasteiger partial charge in [-0.2, -0.15) is 0 Å². The van der Waals surface area contributed by atoms with E-state index in [2.05, 4.69) is 6.92 Å². The summed E-state index contributed by atoms with van der Waals surface area (Å²) in [6.45, 7) is 1.87. The molecule has 1 aliphatic carbocycles. The minimum atomic E-state index is -0.787. The van der Waals surface area contributed by atoms with Gasteiger partial charge in [0.15, 0.2) is 17.4 Å². The van der Waals surface area contributed by atoms with Crippen molar-refractivity contribution >= 4 is 0 Å². The predicted molar refractivity (Wildman–Crippen MR) is 87.4 cm³/mol. The molecule has 0 aliphatic heterocycles. The zero-order chi connectivity index (χ0) is 18.0. The Morgan fingerprint density at radius 1 is 0.840 bits per heavy atom. The third kappa shape index (κ3) is 4.33. The maximum Gasteiger partial charge on any atom is 0.191 e. The lowest BCUT2D eigenvalue weighted by molar-refractivity contribution is 0.272. The van der Waals surface area contributed by atoms with Crippen molar-refractivity contribution in [3.63, 3.8) is 0 Å². The first-order chi connectivity index (χ1) is 11.9. The molecule has 1 saturated carbocycles. The summed E-state index contributed by atoms with van der Waals surface area (Å²) in [5.41, 5.74) is 0.813. The van der Waals surface area contributed by atoms with Crippen molar-refractivity contribution in [1.29, 1.82) is 0 Å². The van der Waals surface area contributed by atoms with Crippen LogP contribution in [0.25, 0.3) is 0 Å². The van der Waals surface area contributed by atoms with Crippen LogP contribution in [0.3, 0.4) is 0 Å². The van der Waals surface area contributed by atoms with Crippen LogP contribution in [0.2, 0.25) is 0 Å². The molecule has 2 aromatic carbocycles. The van der Waals surface area contributed by atoms with Crippen LogP contribution in [-0.2, 0) is 6.61 Å². The van der Waals surface area contributed by atoms with Gasteiger partial charge in [0.1, 0.15) is 18.2 Å². The highest BCUT2D eigenvalue weighted by molar-refractivity contribution is 5.33. The number of hydrogen-bond donors (Lipinski definition) is 0. The van der Waals surface area contributed by atoms with Crippen molar-refractivity contribution in [3.05, 3.63) is 64.7 Å². The molecule has 5 heteroatoms. The van der Waals surface area contributed by atoms with Crippen LogP contribution in [0, 0.1) is 29.2 Å². The van der Waals surface area contributed by atoms with Gasteiger partial charge in [-0.1, -0.05) is 19.8 Å². The first kappa shape index (κ1) is 17.8. The Hall–Kier alpha value is -2.04. The number of halogens is 4. The first-order valence-corrected chi connectivity index (χ1v) is 8.49. The van der Waals surface area contributed by atoms with Crippen LogP contribution in [0.4, 0.5) is 17.6 Å². The first-order valence-electron chi connectivity index (χ1n) is 8.49. The molecule has 0 radical (unpaired) electrons. The summed E-state index contributed by atoms with van der Waals surface area (Å²) in [5.74, 6) is -2.80. The van der Waals surface area contributed by atoms with E-state index in [9.17, 15) is 17.6 Å². The lowest BCUT2D eigenvalue weighted by Crippen LogP contribution is -2.11. The second kappa shape index (κ2) is 7.46. The Bertz CT molecular complexity index is 708. The fourth-order valence-corrected chi connectivity index (χ4v) is 3.40. The van der Waals surface area contributed by atoms with Gasteiger partial charge in [-0.05, 0) is 60.1 Å². The Balaban J connectivity index is 1.74. The van der Waals surface area contributed by atoms with Gasteiger partial charge >= 0.3 is 0 Å². The molecule has 25 heavy (non-hydrogen) atoms. The third-order valence-electron chi connectivity index (χ3n) is 4.81. The normalized spacial score (nSPS) is 20.5. The van der Waals surface area contributed by atoms with E-state index in [0.717, 1.165) is 43.9 Å². The molecule has 1 aliphatic rings. The summed E-state index contributed by atoms with van der Waals surface area (Å²) < 4.78 is 60.0. The summed E-state index contributed by atoms with van der Waals surface area (Å²) in [4.78, 5) is 0. The topological polar surface area (TPSA) is 9.23 Å². The van der Waals surface area contributed by atoms with Crippen LogP contribution < -0.4 is 4.74 Å². The SMILES string of the molecule is CC1CCC(c2cc(F)c(OCc3cc(F)cc(F)c3)c(F)c2)CC1. The summed E-state index contributed by atoms with van der Waals surface area (Å²) in [6, 6.07) is 5.48. The summed E-state index contributed by atoms with van der Waals surface area (Å²) in [5, 5.41) is 0. The van der Waals surface area contributed by atoms with E-state index in [4.69, 9.17) is 4.74 Å². The largest absolute Gasteiger partial charge is 0.483 e. The molecule has 0 atom stereocenters. The zero-order valence-corrected chi connectivity index (χ0v) is 14.0. The third-order valence-corrected chi connectivity index (χ3v) is 4.81. The molecule has 0 amide bonds. The molecule has 0 N–H and O–H groups in total. The Kier molecular flexibility index (Phi) is 5.30. The second-order valence-electron chi connectivity index (χ2n) is 6.84. The van der Waals surface area contributed by atoms with E-state index >= 15 is 0 Å². The van der Waals surface area contributed by atoms with Crippen molar-refractivity contribution in [2.45, 2.75) is 45.1 Å². The van der Waals surface area contributed by atoms with Crippen LogP contribution in [-0.4, -0.2) is 0 Å². The average Bonchev–Trinajstić information content (AvgIpc) is 2.53. The van der Waals surface area contributed by atoms with Crippen LogP contribution in [0.15, 0.2) is 30.3 Å². The van der Waals surface area contributed by atoms with E-state index in [-0.39, 0.29) is 18.1 Å². The van der Waals surface area contributed by atoms with Gasteiger partial charge in [0.25, 0.3) is 0 Å². The van der Waals surface area contributed by atoms with Crippen LogP contribution in [0.5, 0.6) is 5.75 Å². The lowest BCUT2D eigenvalue weighted by Gasteiger charge is -2.26. The molecule has 0 bridgehead atoms. The van der Waals surface area contributed by atoms with Crippen LogP contribution >= 0.6 is 0 Å². The molecule has 1 nitrogen and oxygen atoms in total. The average molecular weight is 352 g/mol. The van der Waals surface area contributed by atoms with Gasteiger partial charge in [0.05, 0.1) is 0 Å². The van der Waals surface area contributed by atoms with Crippen molar-refractivity contribution in [1.82, 2.24) is 0 Å². The minimum absolute atomic E-state index is 0.159. The Labute approximate surface area is 144 Å². The highest BCUT2D eigenvalue weighted by Crippen LogP contribution is 2.37. The van der Waals surface area contributed by atoms with E-state index in [1.807, 2.05) is 0 Å². The molecule has 3 rings (SSSR count). The van der Waals surface area contributed by atoms with Crippen LogP contribution in [0.1, 0.15) is 49.7 Å². The highest BCUT2D eigenvalue weighted by atomic mass is 19.1. The summed E-state index contributed by atoms with van der Waals surface area (Å²) >= 11 is 0. The monoisotopic (exact) mass is 352 g/mol. The molecule has 0 heterocycles. The molecular weight excluding hydrogens is 332 g/mol. The smallest absolute Gasteiger partial charge is 0.191 e. The fourth-order valence-electron chi connectivity index (χ4n) is 3.40. The van der Waals surface area contributed by atoms with Gasteiger partial charge in [-0.3, -0.25) is 0 Å². The van der Waals surface area contributed by atoms with Crippen molar-refractivity contribution in [2.75, 3.05) is 0 Å². The van der Waals surface area contributed by atoms with E-state index in [1.165, 1.54) is 12.1 Å². The lowest BCUT2D eigenvalue weighted by atomic mass is 9.79. The van der Waals surface area contributed by atoms with E-state index in [1.54, 1.807) is 0 Å². The highest BCUT2D eigenvalue weighted by Gasteiger charge is 2.23. The molecule has 0 unspecified atom stereocenters. The predicted octanol–water partition coefficient (Wildman–Crippen LogP) is 6.12. The van der Waals surface area contributed by atoms with Gasteiger partial charge in [0.2, 0.25) is 0 Å². The molecule has 2 aromatic rings. The maximum atomic E-state index is 14.3. The summed E-state index contributed by atoms with van der Waals surface area (Å²) in [6.07, 6.45) is 3.94. The maximum absolute atomic E-state index is 14.3. The van der Waals surface area contributed by atoms with Gasteiger partial charge < -0.3 is 4.74 Å². The number of benzene rings is 2. The standard InChI is InChI=1S/C20H20F4O/c1-12-2-4-14(5-3-12)15-8-18(23)20(19(24)9-15)25-11-13-6-16(21)10-17(22)7-13/h6-10,12,14H,2-5,11H2,1H3. The number of ether oxygens (including phenoxy) is 1. The Morgan fingerprint density at radius 2 is 1.40 bits per heavy atom. The molecule has 1 fully saturated rings. The van der Waals surface area contributed by atoms with E-state index in [0.29, 0.717) is 11.5 Å². The number of hydrogen-bond acceptors (Lipinski definition) is 1. The fraction of sp³-hybridized carbons (Fsp3) is 0.400. The summed E-state index contributed by atoms with van der Waals surface area (Å²) in [7, 11) is 0. The van der Waals surface area contributed by atoms with Crippen molar-refractivity contribution < 1.29 is 22.3 Å². The quantitative estimate of drug-likeness (QED) is 0.603. The van der Waals surface area contributed by atoms with Gasteiger partial charge in [0, 0.05) is 6.07 Å².